The van der Waals surface area contributed by atoms with Gasteiger partial charge in [0.15, 0.2) is 0 Å². The zero-order chi connectivity index (χ0) is 18.4. The van der Waals surface area contributed by atoms with Crippen molar-refractivity contribution in [2.45, 2.75) is 39.9 Å². The van der Waals surface area contributed by atoms with Gasteiger partial charge in [-0.15, -0.1) is 0 Å². The highest BCUT2D eigenvalue weighted by atomic mass is 16.2. The lowest BCUT2D eigenvalue weighted by Crippen LogP contribution is -2.49. The standard InChI is InChI=1S/C18H28N6O/c1-18(2,3)15(12-24-10-9-19-13-24)22-17(25)21-11-14-7-6-8-20-16(14)23(4)5/h6-10,13,15H,11-12H2,1-5H3,(H2,21,22,25)/t15-/m1/s1. The largest absolute Gasteiger partial charge is 0.362 e. The summed E-state index contributed by atoms with van der Waals surface area (Å²) in [4.78, 5) is 22.8. The molecule has 7 nitrogen and oxygen atoms in total. The maximum absolute atomic E-state index is 12.4. The molecule has 2 heterocycles. The van der Waals surface area contributed by atoms with Gasteiger partial charge < -0.3 is 20.1 Å². The van der Waals surface area contributed by atoms with Crippen molar-refractivity contribution in [3.8, 4) is 0 Å². The number of anilines is 1. The van der Waals surface area contributed by atoms with E-state index in [2.05, 4.69) is 41.4 Å². The molecular formula is C18H28N6O. The fraction of sp³-hybridized carbons (Fsp3) is 0.500. The maximum atomic E-state index is 12.4. The third-order valence-corrected chi connectivity index (χ3v) is 4.03. The van der Waals surface area contributed by atoms with Crippen molar-refractivity contribution in [2.24, 2.45) is 5.41 Å². The molecule has 0 saturated carbocycles. The molecule has 0 aliphatic carbocycles. The van der Waals surface area contributed by atoms with E-state index in [1.54, 1.807) is 18.7 Å². The highest BCUT2D eigenvalue weighted by molar-refractivity contribution is 5.74. The predicted octanol–water partition coefficient (Wildman–Crippen LogP) is 2.26. The zero-order valence-electron chi connectivity index (χ0n) is 15.7. The topological polar surface area (TPSA) is 75.1 Å². The smallest absolute Gasteiger partial charge is 0.315 e. The Hall–Kier alpha value is -2.57. The highest BCUT2D eigenvalue weighted by Gasteiger charge is 2.26. The van der Waals surface area contributed by atoms with Crippen molar-refractivity contribution in [1.29, 1.82) is 0 Å². The molecule has 0 bridgehead atoms. The van der Waals surface area contributed by atoms with E-state index < -0.39 is 0 Å². The van der Waals surface area contributed by atoms with E-state index in [1.807, 2.05) is 41.9 Å². The Morgan fingerprint density at radius 2 is 2.08 bits per heavy atom. The molecule has 0 aromatic carbocycles. The SMILES string of the molecule is CN(C)c1ncccc1CNC(=O)N[C@H](Cn1ccnc1)C(C)(C)C. The number of rotatable bonds is 6. The van der Waals surface area contributed by atoms with Crippen molar-refractivity contribution >= 4 is 11.8 Å². The van der Waals surface area contributed by atoms with Gasteiger partial charge in [-0.05, 0) is 11.5 Å². The van der Waals surface area contributed by atoms with Gasteiger partial charge in [0.05, 0.1) is 12.4 Å². The fourth-order valence-electron chi connectivity index (χ4n) is 2.50. The first-order chi connectivity index (χ1) is 11.8. The number of pyridine rings is 1. The number of nitrogens with one attached hydrogen (secondary N) is 2. The van der Waals surface area contributed by atoms with Crippen LogP contribution in [0, 0.1) is 5.41 Å². The second kappa shape index (κ2) is 8.00. The van der Waals surface area contributed by atoms with Crippen molar-refractivity contribution in [3.05, 3.63) is 42.6 Å². The lowest BCUT2D eigenvalue weighted by Gasteiger charge is -2.31. The summed E-state index contributed by atoms with van der Waals surface area (Å²) >= 11 is 0. The average molecular weight is 344 g/mol. The second-order valence-corrected chi connectivity index (χ2v) is 7.39. The fourth-order valence-corrected chi connectivity index (χ4v) is 2.50. The van der Waals surface area contributed by atoms with Crippen LogP contribution in [0.15, 0.2) is 37.1 Å². The number of amides is 2. The lowest BCUT2D eigenvalue weighted by atomic mass is 9.86. The third-order valence-electron chi connectivity index (χ3n) is 4.03. The van der Waals surface area contributed by atoms with Crippen molar-refractivity contribution in [2.75, 3.05) is 19.0 Å². The van der Waals surface area contributed by atoms with Crippen molar-refractivity contribution in [3.63, 3.8) is 0 Å². The molecule has 0 saturated heterocycles. The zero-order valence-corrected chi connectivity index (χ0v) is 15.7. The van der Waals surface area contributed by atoms with E-state index in [1.165, 1.54) is 0 Å². The van der Waals surface area contributed by atoms with E-state index >= 15 is 0 Å². The lowest BCUT2D eigenvalue weighted by molar-refractivity contribution is 0.209. The number of hydrogen-bond donors (Lipinski definition) is 2. The number of carbonyl (C=O) groups excluding carboxylic acids is 1. The number of urea groups is 1. The van der Waals surface area contributed by atoms with E-state index in [-0.39, 0.29) is 17.5 Å². The Kier molecular flexibility index (Phi) is 6.01. The Labute approximate surface area is 149 Å². The van der Waals surface area contributed by atoms with E-state index in [9.17, 15) is 4.79 Å². The summed E-state index contributed by atoms with van der Waals surface area (Å²) in [5.74, 6) is 0.855. The maximum Gasteiger partial charge on any atom is 0.315 e. The van der Waals surface area contributed by atoms with Crippen LogP contribution in [0.4, 0.5) is 10.6 Å². The average Bonchev–Trinajstić information content (AvgIpc) is 3.04. The van der Waals surface area contributed by atoms with Gasteiger partial charge in [-0.1, -0.05) is 26.8 Å². The molecule has 0 radical (unpaired) electrons. The molecule has 2 N–H and O–H groups in total. The molecule has 25 heavy (non-hydrogen) atoms. The summed E-state index contributed by atoms with van der Waals surface area (Å²) in [6, 6.07) is 3.63. The van der Waals surface area contributed by atoms with Gasteiger partial charge in [0.25, 0.3) is 0 Å². The summed E-state index contributed by atoms with van der Waals surface area (Å²) in [6.07, 6.45) is 7.15. The minimum atomic E-state index is -0.186. The molecule has 136 valence electrons. The number of carbonyl (C=O) groups is 1. The molecule has 0 spiro atoms. The molecule has 2 aromatic heterocycles. The Morgan fingerprint density at radius 1 is 1.32 bits per heavy atom. The first-order valence-corrected chi connectivity index (χ1v) is 8.38. The van der Waals surface area contributed by atoms with Crippen LogP contribution in [0.3, 0.4) is 0 Å². The molecule has 0 fully saturated rings. The minimum absolute atomic E-state index is 0.0242. The molecule has 7 heteroatoms. The third kappa shape index (κ3) is 5.48. The summed E-state index contributed by atoms with van der Waals surface area (Å²) in [7, 11) is 3.87. The predicted molar refractivity (Wildman–Crippen MR) is 99.4 cm³/mol. The van der Waals surface area contributed by atoms with Crippen LogP contribution in [0.25, 0.3) is 0 Å². The summed E-state index contributed by atoms with van der Waals surface area (Å²) in [6.45, 7) is 7.43. The molecule has 0 aliphatic heterocycles. The van der Waals surface area contributed by atoms with Crippen LogP contribution in [-0.2, 0) is 13.1 Å². The van der Waals surface area contributed by atoms with Crippen LogP contribution in [0.1, 0.15) is 26.3 Å². The van der Waals surface area contributed by atoms with Crippen LogP contribution in [0.5, 0.6) is 0 Å². The first kappa shape index (κ1) is 18.8. The molecular weight excluding hydrogens is 316 g/mol. The van der Waals surface area contributed by atoms with Gasteiger partial charge in [-0.25, -0.2) is 14.8 Å². The molecule has 2 rings (SSSR count). The molecule has 2 amide bonds. The summed E-state index contributed by atoms with van der Waals surface area (Å²) in [5.41, 5.74) is 0.898. The van der Waals surface area contributed by atoms with Gasteiger partial charge in [0, 0.05) is 51.3 Å². The number of imidazole rings is 1. The Morgan fingerprint density at radius 3 is 2.68 bits per heavy atom. The highest BCUT2D eigenvalue weighted by Crippen LogP contribution is 2.21. The van der Waals surface area contributed by atoms with Crippen molar-refractivity contribution < 1.29 is 4.79 Å². The van der Waals surface area contributed by atoms with Crippen LogP contribution < -0.4 is 15.5 Å². The van der Waals surface area contributed by atoms with Gasteiger partial charge >= 0.3 is 6.03 Å². The monoisotopic (exact) mass is 344 g/mol. The van der Waals surface area contributed by atoms with E-state index in [0.717, 1.165) is 11.4 Å². The van der Waals surface area contributed by atoms with E-state index in [4.69, 9.17) is 0 Å². The Balaban J connectivity index is 1.97. The number of nitrogens with zero attached hydrogens (tertiary/aromatic N) is 4. The number of hydrogen-bond acceptors (Lipinski definition) is 4. The molecule has 2 aromatic rings. The van der Waals surface area contributed by atoms with Crippen LogP contribution >= 0.6 is 0 Å². The van der Waals surface area contributed by atoms with Gasteiger partial charge in [0.2, 0.25) is 0 Å². The first-order valence-electron chi connectivity index (χ1n) is 8.38. The molecule has 1 atom stereocenters. The summed E-state index contributed by atoms with van der Waals surface area (Å²) < 4.78 is 1.97. The quantitative estimate of drug-likeness (QED) is 0.843. The van der Waals surface area contributed by atoms with Gasteiger partial charge in [-0.3, -0.25) is 0 Å². The number of aromatic nitrogens is 3. The second-order valence-electron chi connectivity index (χ2n) is 7.39. The van der Waals surface area contributed by atoms with Crippen LogP contribution in [0.2, 0.25) is 0 Å². The van der Waals surface area contributed by atoms with E-state index in [0.29, 0.717) is 13.1 Å². The van der Waals surface area contributed by atoms with Gasteiger partial charge in [0.1, 0.15) is 5.82 Å². The molecule has 0 aliphatic rings. The normalized spacial score (nSPS) is 12.5. The minimum Gasteiger partial charge on any atom is -0.362 e. The molecule has 0 unspecified atom stereocenters. The van der Waals surface area contributed by atoms with Crippen LogP contribution in [-0.4, -0.2) is 40.7 Å². The van der Waals surface area contributed by atoms with Crippen molar-refractivity contribution in [1.82, 2.24) is 25.2 Å². The summed E-state index contributed by atoms with van der Waals surface area (Å²) in [5, 5.41) is 6.02. The Bertz CT molecular complexity index is 675. The van der Waals surface area contributed by atoms with Gasteiger partial charge in [-0.2, -0.15) is 0 Å².